The number of hydrogen-bond acceptors (Lipinski definition) is 4. The Morgan fingerprint density at radius 1 is 1.29 bits per heavy atom. The van der Waals surface area contributed by atoms with Crippen molar-refractivity contribution >= 4 is 5.91 Å². The van der Waals surface area contributed by atoms with Gasteiger partial charge >= 0.3 is 12.1 Å². The second-order valence-electron chi connectivity index (χ2n) is 5.57. The monoisotopic (exact) mass is 337 g/mol. The van der Waals surface area contributed by atoms with Crippen LogP contribution < -0.4 is 5.32 Å². The molecule has 1 heterocycles. The van der Waals surface area contributed by atoms with Gasteiger partial charge in [-0.3, -0.25) is 4.79 Å². The highest BCUT2D eigenvalue weighted by molar-refractivity contribution is 5.84. The van der Waals surface area contributed by atoms with Gasteiger partial charge in [0.1, 0.15) is 5.41 Å². The Kier molecular flexibility index (Phi) is 4.64. The Morgan fingerprint density at radius 2 is 1.92 bits per heavy atom. The maximum Gasteiger partial charge on any atom is 0.471 e. The molecule has 24 heavy (non-hydrogen) atoms. The molecule has 0 fully saturated rings. The van der Waals surface area contributed by atoms with Crippen molar-refractivity contribution < 1.29 is 22.5 Å². The Hall–Kier alpha value is -2.82. The van der Waals surface area contributed by atoms with Crippen LogP contribution in [0, 0.1) is 17.8 Å². The van der Waals surface area contributed by atoms with Crippen molar-refractivity contribution in [1.29, 1.82) is 0 Å². The van der Waals surface area contributed by atoms with Crippen LogP contribution in [0.15, 0.2) is 28.8 Å². The zero-order chi connectivity index (χ0) is 18.0. The van der Waals surface area contributed by atoms with Crippen LogP contribution in [0.3, 0.4) is 0 Å². The average Bonchev–Trinajstić information content (AvgIpc) is 3.03. The first-order valence-electron chi connectivity index (χ1n) is 6.90. The van der Waals surface area contributed by atoms with E-state index in [-0.39, 0.29) is 18.3 Å². The molecule has 0 radical (unpaired) electrons. The van der Waals surface area contributed by atoms with Crippen LogP contribution in [-0.4, -0.2) is 16.0 Å². The van der Waals surface area contributed by atoms with Gasteiger partial charge in [-0.25, -0.2) is 0 Å². The molecule has 0 atom stereocenters. The lowest BCUT2D eigenvalue weighted by molar-refractivity contribution is -0.159. The first kappa shape index (κ1) is 17.5. The van der Waals surface area contributed by atoms with E-state index in [4.69, 9.17) is 6.42 Å². The van der Waals surface area contributed by atoms with Gasteiger partial charge in [-0.1, -0.05) is 35.3 Å². The van der Waals surface area contributed by atoms with Crippen LogP contribution in [0.5, 0.6) is 0 Å². The maximum absolute atomic E-state index is 12.4. The lowest BCUT2D eigenvalue weighted by atomic mass is 9.94. The largest absolute Gasteiger partial charge is 0.471 e. The highest BCUT2D eigenvalue weighted by Gasteiger charge is 2.38. The van der Waals surface area contributed by atoms with Gasteiger partial charge in [0, 0.05) is 12.1 Å². The van der Waals surface area contributed by atoms with Gasteiger partial charge in [-0.05, 0) is 19.4 Å². The van der Waals surface area contributed by atoms with Gasteiger partial charge in [0.25, 0.3) is 0 Å². The molecule has 0 saturated heterocycles. The van der Waals surface area contributed by atoms with Gasteiger partial charge in [0.15, 0.2) is 0 Å². The summed E-state index contributed by atoms with van der Waals surface area (Å²) >= 11 is 0. The number of amides is 1. The Balaban J connectivity index is 2.05. The number of hydrogen-bond donors (Lipinski definition) is 1. The van der Waals surface area contributed by atoms with E-state index in [2.05, 4.69) is 25.9 Å². The SMILES string of the molecule is C#CC(C)(C)C(=O)NCc1ccc(-c2noc(C(F)(F)F)n2)cc1. The van der Waals surface area contributed by atoms with Crippen molar-refractivity contribution in [3.8, 4) is 23.7 Å². The summed E-state index contributed by atoms with van der Waals surface area (Å²) in [7, 11) is 0. The molecular formula is C16H14F3N3O2. The number of carbonyl (C=O) groups excluding carboxylic acids is 1. The minimum absolute atomic E-state index is 0.161. The molecule has 0 spiro atoms. The summed E-state index contributed by atoms with van der Waals surface area (Å²) in [5.74, 6) is 0.543. The minimum atomic E-state index is -4.68. The molecule has 5 nitrogen and oxygen atoms in total. The van der Waals surface area contributed by atoms with Crippen LogP contribution >= 0.6 is 0 Å². The smallest absolute Gasteiger partial charge is 0.351 e. The number of rotatable bonds is 4. The third kappa shape index (κ3) is 3.93. The van der Waals surface area contributed by atoms with Crippen LogP contribution in [0.25, 0.3) is 11.4 Å². The second kappa shape index (κ2) is 6.35. The quantitative estimate of drug-likeness (QED) is 0.871. The standard InChI is InChI=1S/C16H14F3N3O2/c1-4-15(2,3)13(23)20-9-10-5-7-11(8-6-10)12-21-14(24-22-12)16(17,18)19/h1,5-8H,9H2,2-3H3,(H,20,23). The van der Waals surface area contributed by atoms with E-state index in [0.717, 1.165) is 5.56 Å². The third-order valence-corrected chi connectivity index (χ3v) is 3.26. The summed E-state index contributed by atoms with van der Waals surface area (Å²) in [5.41, 5.74) is 0.200. The molecule has 1 amide bonds. The number of nitrogens with one attached hydrogen (secondary N) is 1. The first-order chi connectivity index (χ1) is 11.1. The molecule has 1 aromatic carbocycles. The van der Waals surface area contributed by atoms with Gasteiger partial charge in [0.05, 0.1) is 0 Å². The number of carbonyl (C=O) groups is 1. The summed E-state index contributed by atoms with van der Waals surface area (Å²) in [6.45, 7) is 3.49. The van der Waals surface area contributed by atoms with Crippen LogP contribution in [0.1, 0.15) is 25.3 Å². The van der Waals surface area contributed by atoms with Crippen molar-refractivity contribution in [3.05, 3.63) is 35.7 Å². The summed E-state index contributed by atoms with van der Waals surface area (Å²) < 4.78 is 41.5. The van der Waals surface area contributed by atoms with E-state index in [9.17, 15) is 18.0 Å². The first-order valence-corrected chi connectivity index (χ1v) is 6.90. The maximum atomic E-state index is 12.4. The van der Waals surface area contributed by atoms with E-state index in [1.54, 1.807) is 38.1 Å². The number of halogens is 3. The molecule has 0 bridgehead atoms. The van der Waals surface area contributed by atoms with Crippen molar-refractivity contribution in [2.45, 2.75) is 26.6 Å². The lowest BCUT2D eigenvalue weighted by Gasteiger charge is -2.16. The molecule has 2 aromatic rings. The molecular weight excluding hydrogens is 323 g/mol. The number of nitrogens with zero attached hydrogens (tertiary/aromatic N) is 2. The predicted octanol–water partition coefficient (Wildman–Crippen LogP) is 3.03. The summed E-state index contributed by atoms with van der Waals surface area (Å²) in [5, 5.41) is 6.00. The van der Waals surface area contributed by atoms with E-state index in [0.29, 0.717) is 5.56 Å². The number of aromatic nitrogens is 2. The van der Waals surface area contributed by atoms with Gasteiger partial charge in [0.2, 0.25) is 11.7 Å². The molecule has 8 heteroatoms. The lowest BCUT2D eigenvalue weighted by Crippen LogP contribution is -2.35. The molecule has 0 aliphatic carbocycles. The van der Waals surface area contributed by atoms with Crippen molar-refractivity contribution in [2.75, 3.05) is 0 Å². The number of alkyl halides is 3. The normalized spacial score (nSPS) is 11.8. The third-order valence-electron chi connectivity index (χ3n) is 3.26. The van der Waals surface area contributed by atoms with Crippen molar-refractivity contribution in [3.63, 3.8) is 0 Å². The van der Waals surface area contributed by atoms with Crippen LogP contribution in [-0.2, 0) is 17.5 Å². The topological polar surface area (TPSA) is 68.0 Å². The fraction of sp³-hybridized carbons (Fsp3) is 0.312. The molecule has 2 rings (SSSR count). The Labute approximate surface area is 136 Å². The summed E-state index contributed by atoms with van der Waals surface area (Å²) in [6.07, 6.45) is 0.598. The number of benzene rings is 1. The van der Waals surface area contributed by atoms with Crippen molar-refractivity contribution in [2.24, 2.45) is 5.41 Å². The fourth-order valence-electron chi connectivity index (χ4n) is 1.70. The molecule has 1 aromatic heterocycles. The molecule has 1 N–H and O–H groups in total. The number of terminal acetylenes is 1. The zero-order valence-electron chi connectivity index (χ0n) is 12.9. The second-order valence-corrected chi connectivity index (χ2v) is 5.57. The van der Waals surface area contributed by atoms with Gasteiger partial charge in [-0.15, -0.1) is 6.42 Å². The fourth-order valence-corrected chi connectivity index (χ4v) is 1.70. The van der Waals surface area contributed by atoms with Crippen LogP contribution in [0.2, 0.25) is 0 Å². The van der Waals surface area contributed by atoms with Gasteiger partial charge < -0.3 is 9.84 Å². The van der Waals surface area contributed by atoms with E-state index < -0.39 is 17.5 Å². The highest BCUT2D eigenvalue weighted by Crippen LogP contribution is 2.29. The zero-order valence-corrected chi connectivity index (χ0v) is 12.9. The van der Waals surface area contributed by atoms with Gasteiger partial charge in [-0.2, -0.15) is 18.2 Å². The Morgan fingerprint density at radius 3 is 2.42 bits per heavy atom. The molecule has 0 aliphatic rings. The van der Waals surface area contributed by atoms with E-state index >= 15 is 0 Å². The van der Waals surface area contributed by atoms with E-state index in [1.165, 1.54) is 0 Å². The summed E-state index contributed by atoms with van der Waals surface area (Å²) in [4.78, 5) is 15.2. The van der Waals surface area contributed by atoms with E-state index in [1.807, 2.05) is 0 Å². The average molecular weight is 337 g/mol. The Bertz CT molecular complexity index is 771. The molecule has 126 valence electrons. The minimum Gasteiger partial charge on any atom is -0.351 e. The highest BCUT2D eigenvalue weighted by atomic mass is 19.4. The van der Waals surface area contributed by atoms with Crippen LogP contribution in [0.4, 0.5) is 13.2 Å². The molecule has 0 unspecified atom stereocenters. The summed E-state index contributed by atoms with van der Waals surface area (Å²) in [6, 6.07) is 6.36. The molecule has 0 saturated carbocycles. The predicted molar refractivity (Wildman–Crippen MR) is 79.2 cm³/mol. The molecule has 0 aliphatic heterocycles. The van der Waals surface area contributed by atoms with Crippen molar-refractivity contribution in [1.82, 2.24) is 15.5 Å².